The molecule has 18 nitrogen and oxygen atoms in total. The van der Waals surface area contributed by atoms with Crippen molar-refractivity contribution in [3.8, 4) is 71.9 Å². The number of ether oxygens (including phenoxy) is 5. The third-order valence-electron chi connectivity index (χ3n) is 17.6. The standard InChI is InChI=1S/C25H28N2O5.C22H22O5.C21H20O3.C15H10O3/c1-2-5-19(16-26)25(30)27-11-3-6-20(28)7-4-12-31-24-22-15-21(29)9-8-17(22)14-18-10-13-32-23(18)24;1-2-10-25-11-3-5-18(23)6-4-12-26-22-20-15-19(24)8-7-16(20)14-17-9-13-27-21(17)22;22-18-9-8-16-12-17-10-11-23-20(17)21(19(16)13-18)24-14-15-6-4-2-1-3-5-7-15;1-2-6-17-15-13-9-12(16)4-3-10(13)8-11-5-7-18-14(11)15/h1,8-10,13-14,19H,3-7,11-12,15-16,26H2,(H,27,30);1,7-9,13-14H,3-6,10-12,15H2;8-12,15H,2,4-7,13-14H2;1,3-5,7-8H,6,9H2. The van der Waals surface area contributed by atoms with Crippen LogP contribution in [0.3, 0.4) is 0 Å². The van der Waals surface area contributed by atoms with Gasteiger partial charge in [0.1, 0.15) is 24.8 Å². The van der Waals surface area contributed by atoms with Gasteiger partial charge in [-0.1, -0.05) is 36.1 Å². The minimum Gasteiger partial charge on any atom is -0.489 e. The van der Waals surface area contributed by atoms with Crippen molar-refractivity contribution in [3.05, 3.63) is 142 Å². The first kappa shape index (κ1) is 72.6. The molecule has 0 aliphatic heterocycles. The van der Waals surface area contributed by atoms with Gasteiger partial charge in [-0.25, -0.2) is 0 Å². The zero-order chi connectivity index (χ0) is 70.9. The van der Waals surface area contributed by atoms with Crippen LogP contribution < -0.4 is 30.0 Å². The Kier molecular flexibility index (Phi) is 26.3. The Hall–Kier alpha value is -11.2. The minimum atomic E-state index is -0.386. The molecule has 4 heterocycles. The SMILES string of the molecule is C#CCC(CN)C(=O)NCCCC(=O)CCCOc1c2c(cc3ccoc13)C=CC(=O)C2.C#CCOCCCC(=O)CCCOc1c2c(cc3ccoc13)C=CC(=O)C2.C#CCOc1c2c(cc3ccoc13)C=CC(=O)C2.O=C1C=Cc2cc3ccoc3c(OCC3CCC#CCCC3)c2C1. The number of hydrogen-bond acceptors (Lipinski definition) is 17. The fourth-order valence-electron chi connectivity index (χ4n) is 12.4. The number of nitrogens with one attached hydrogen (secondary N) is 1. The van der Waals surface area contributed by atoms with Crippen LogP contribution in [-0.4, -0.2) is 93.3 Å². The highest BCUT2D eigenvalue weighted by atomic mass is 16.5. The van der Waals surface area contributed by atoms with Gasteiger partial charge in [0.05, 0.1) is 50.8 Å². The van der Waals surface area contributed by atoms with E-state index in [4.69, 9.17) is 66.4 Å². The maximum atomic E-state index is 12.2. The monoisotopic (exact) mass is 1360 g/mol. The summed E-state index contributed by atoms with van der Waals surface area (Å²) in [4.78, 5) is 83.0. The molecule has 0 fully saturated rings. The molecule has 0 radical (unpaired) electrons. The molecule has 0 saturated carbocycles. The van der Waals surface area contributed by atoms with Crippen LogP contribution in [0.5, 0.6) is 23.0 Å². The van der Waals surface area contributed by atoms with E-state index in [1.807, 2.05) is 54.6 Å². The predicted octanol–water partition coefficient (Wildman–Crippen LogP) is 13.6. The van der Waals surface area contributed by atoms with Gasteiger partial charge >= 0.3 is 0 Å². The summed E-state index contributed by atoms with van der Waals surface area (Å²) in [6.07, 6.45) is 46.7. The van der Waals surface area contributed by atoms with Gasteiger partial charge in [-0.2, -0.15) is 0 Å². The predicted molar refractivity (Wildman–Crippen MR) is 387 cm³/mol. The molecule has 0 bridgehead atoms. The van der Waals surface area contributed by atoms with Crippen molar-refractivity contribution in [1.82, 2.24) is 5.32 Å². The smallest absolute Gasteiger partial charge is 0.225 e. The van der Waals surface area contributed by atoms with Gasteiger partial charge in [0.2, 0.25) is 5.91 Å². The van der Waals surface area contributed by atoms with Crippen LogP contribution in [0, 0.1) is 60.7 Å². The molecule has 5 aliphatic carbocycles. The highest BCUT2D eigenvalue weighted by molar-refractivity contribution is 6.05. The molecule has 4 aromatic carbocycles. The molecule has 2 atom stereocenters. The largest absolute Gasteiger partial charge is 0.489 e. The fourth-order valence-corrected chi connectivity index (χ4v) is 12.4. The van der Waals surface area contributed by atoms with Crippen molar-refractivity contribution >= 4 is 109 Å². The number of carbonyl (C=O) groups is 7. The maximum absolute atomic E-state index is 12.2. The maximum Gasteiger partial charge on any atom is 0.225 e. The molecule has 1 amide bonds. The first-order valence-electron chi connectivity index (χ1n) is 34.1. The molecular formula is C83H80N2O16. The van der Waals surface area contributed by atoms with Crippen LogP contribution in [0.4, 0.5) is 0 Å². The summed E-state index contributed by atoms with van der Waals surface area (Å²) in [5, 5.41) is 6.59. The highest BCUT2D eigenvalue weighted by Crippen LogP contribution is 2.41. The topological polar surface area (TPSA) is 256 Å². The molecule has 0 spiro atoms. The second-order valence-electron chi connectivity index (χ2n) is 24.9. The highest BCUT2D eigenvalue weighted by Gasteiger charge is 2.26. The number of terminal acetylenes is 3. The third kappa shape index (κ3) is 19.6. The minimum absolute atomic E-state index is 0.0209. The molecule has 0 saturated heterocycles. The van der Waals surface area contributed by atoms with Crippen LogP contribution in [0.1, 0.15) is 134 Å². The van der Waals surface area contributed by atoms with E-state index >= 15 is 0 Å². The number of benzene rings is 4. The van der Waals surface area contributed by atoms with Gasteiger partial charge < -0.3 is 52.4 Å². The van der Waals surface area contributed by atoms with Gasteiger partial charge in [-0.15, -0.1) is 37.0 Å². The average molecular weight is 1360 g/mol. The van der Waals surface area contributed by atoms with Gasteiger partial charge in [-0.3, -0.25) is 33.6 Å². The Morgan fingerprint density at radius 3 is 1.34 bits per heavy atom. The van der Waals surface area contributed by atoms with Gasteiger partial charge in [-0.05, 0) is 146 Å². The summed E-state index contributed by atoms with van der Waals surface area (Å²) < 4.78 is 51.1. The van der Waals surface area contributed by atoms with Crippen molar-refractivity contribution in [1.29, 1.82) is 0 Å². The average Bonchev–Trinajstić information content (AvgIpc) is 1.78. The normalized spacial score (nSPS) is 14.8. The quantitative estimate of drug-likeness (QED) is 0.0358. The van der Waals surface area contributed by atoms with Crippen LogP contribution in [0.25, 0.3) is 68.2 Å². The van der Waals surface area contributed by atoms with E-state index in [1.165, 1.54) is 0 Å². The summed E-state index contributed by atoms with van der Waals surface area (Å²) in [6, 6.07) is 15.6. The van der Waals surface area contributed by atoms with Crippen LogP contribution in [0.15, 0.2) is 116 Å². The number of hydrogen-bond donors (Lipinski definition) is 2. The summed E-state index contributed by atoms with van der Waals surface area (Å²) in [5.74, 6) is 16.7. The number of fused-ring (bicyclic) bond motifs is 8. The number of amides is 1. The van der Waals surface area contributed by atoms with E-state index in [9.17, 15) is 33.6 Å². The van der Waals surface area contributed by atoms with Crippen molar-refractivity contribution in [2.75, 3.05) is 52.7 Å². The van der Waals surface area contributed by atoms with Crippen LogP contribution >= 0.6 is 0 Å². The van der Waals surface area contributed by atoms with E-state index in [0.717, 1.165) is 109 Å². The van der Waals surface area contributed by atoms with Gasteiger partial charge in [0.25, 0.3) is 0 Å². The van der Waals surface area contributed by atoms with Gasteiger partial charge in [0.15, 0.2) is 68.5 Å². The molecule has 13 rings (SSSR count). The van der Waals surface area contributed by atoms with E-state index in [0.29, 0.717) is 150 Å². The number of ketones is 6. The summed E-state index contributed by atoms with van der Waals surface area (Å²) in [6.45, 7) is 2.95. The number of nitrogens with two attached hydrogens (primary N) is 1. The van der Waals surface area contributed by atoms with Crippen molar-refractivity contribution in [2.24, 2.45) is 17.6 Å². The fraction of sp³-hybridized carbons (Fsp3) is 0.337. The zero-order valence-electron chi connectivity index (χ0n) is 56.4. The summed E-state index contributed by atoms with van der Waals surface area (Å²) in [7, 11) is 0. The van der Waals surface area contributed by atoms with Crippen molar-refractivity contribution in [2.45, 2.75) is 116 Å². The van der Waals surface area contributed by atoms with Crippen molar-refractivity contribution < 1.29 is 74.9 Å². The Morgan fingerprint density at radius 1 is 0.505 bits per heavy atom. The summed E-state index contributed by atoms with van der Waals surface area (Å²) >= 11 is 0. The molecule has 101 heavy (non-hydrogen) atoms. The number of allylic oxidation sites excluding steroid dienone is 4. The number of Topliss-reactive ketones (excluding diaryl/α,β-unsaturated/α-hetero) is 2. The second kappa shape index (κ2) is 36.6. The summed E-state index contributed by atoms with van der Waals surface area (Å²) in [5.41, 5.74) is 15.6. The Labute approximate surface area is 586 Å². The Morgan fingerprint density at radius 2 is 0.911 bits per heavy atom. The second-order valence-corrected chi connectivity index (χ2v) is 24.9. The number of carbonyl (C=O) groups excluding carboxylic acids is 7. The lowest BCUT2D eigenvalue weighted by Crippen LogP contribution is -2.35. The molecular weight excluding hydrogens is 1280 g/mol. The molecule has 4 aromatic heterocycles. The van der Waals surface area contributed by atoms with E-state index in [1.54, 1.807) is 61.5 Å². The molecule has 8 aromatic rings. The molecule has 5 aliphatic rings. The zero-order valence-corrected chi connectivity index (χ0v) is 56.4. The van der Waals surface area contributed by atoms with Crippen LogP contribution in [0.2, 0.25) is 0 Å². The van der Waals surface area contributed by atoms with E-state index in [-0.39, 0.29) is 72.7 Å². The number of rotatable bonds is 27. The lowest BCUT2D eigenvalue weighted by Gasteiger charge is -2.20. The Balaban J connectivity index is 0.000000148. The molecule has 3 N–H and O–H groups in total. The van der Waals surface area contributed by atoms with Gasteiger partial charge in [0, 0.05) is 134 Å². The molecule has 518 valence electrons. The third-order valence-corrected chi connectivity index (χ3v) is 17.6. The molecule has 2 unspecified atom stereocenters. The lowest BCUT2D eigenvalue weighted by atomic mass is 9.93. The lowest BCUT2D eigenvalue weighted by molar-refractivity contribution is -0.125. The van der Waals surface area contributed by atoms with Crippen LogP contribution in [-0.2, 0) is 64.0 Å². The van der Waals surface area contributed by atoms with Crippen molar-refractivity contribution in [3.63, 3.8) is 0 Å². The first-order valence-corrected chi connectivity index (χ1v) is 34.1. The number of furan rings is 4. The van der Waals surface area contributed by atoms with E-state index < -0.39 is 0 Å². The first-order chi connectivity index (χ1) is 49.3. The Bertz CT molecular complexity index is 4690. The molecule has 18 heteroatoms. The van der Waals surface area contributed by atoms with E-state index in [2.05, 4.69) is 41.0 Å².